The molecule has 0 radical (unpaired) electrons. The molecular weight excluding hydrogens is 266 g/mol. The molecule has 1 aromatic carbocycles. The fourth-order valence-corrected chi connectivity index (χ4v) is 2.81. The fourth-order valence-electron chi connectivity index (χ4n) is 2.81. The zero-order chi connectivity index (χ0) is 15.1. The average Bonchev–Trinajstić information content (AvgIpc) is 3.04. The summed E-state index contributed by atoms with van der Waals surface area (Å²) >= 11 is 0. The normalized spacial score (nSPS) is 18.4. The Hall–Kier alpha value is -1.43. The molecule has 0 spiro atoms. The Kier molecular flexibility index (Phi) is 6.17. The first-order valence-corrected chi connectivity index (χ1v) is 7.56. The number of rotatable bonds is 7. The summed E-state index contributed by atoms with van der Waals surface area (Å²) in [6, 6.07) is 10.5. The maximum atomic E-state index is 12.0. The Labute approximate surface area is 126 Å². The second-order valence-corrected chi connectivity index (χ2v) is 5.37. The Balaban J connectivity index is 2.01. The van der Waals surface area contributed by atoms with Gasteiger partial charge in [0, 0.05) is 20.2 Å². The standard InChI is InChI=1S/C16H25N3O2/c1-21-15(11-17)16(20)18-12-14(19-9-5-6-10-19)13-7-3-2-4-8-13/h2-4,7-8,14-15H,5-6,9-12,17H2,1H3,(H,18,20). The molecule has 116 valence electrons. The molecule has 0 saturated carbocycles. The van der Waals surface area contributed by atoms with Gasteiger partial charge in [-0.15, -0.1) is 0 Å². The largest absolute Gasteiger partial charge is 0.370 e. The van der Waals surface area contributed by atoms with Crippen LogP contribution in [0.1, 0.15) is 24.4 Å². The third-order valence-corrected chi connectivity index (χ3v) is 4.03. The number of amides is 1. The molecule has 21 heavy (non-hydrogen) atoms. The first-order valence-electron chi connectivity index (χ1n) is 7.56. The number of likely N-dealkylation sites (tertiary alicyclic amines) is 1. The Morgan fingerprint density at radius 2 is 2.00 bits per heavy atom. The van der Waals surface area contributed by atoms with Crippen LogP contribution >= 0.6 is 0 Å². The maximum absolute atomic E-state index is 12.0. The second kappa shape index (κ2) is 8.12. The third kappa shape index (κ3) is 4.27. The van der Waals surface area contributed by atoms with E-state index >= 15 is 0 Å². The van der Waals surface area contributed by atoms with Gasteiger partial charge in [0.05, 0.1) is 6.04 Å². The zero-order valence-electron chi connectivity index (χ0n) is 12.6. The summed E-state index contributed by atoms with van der Waals surface area (Å²) in [5, 5.41) is 2.97. The van der Waals surface area contributed by atoms with Crippen LogP contribution in [0.2, 0.25) is 0 Å². The quantitative estimate of drug-likeness (QED) is 0.784. The van der Waals surface area contributed by atoms with E-state index in [1.165, 1.54) is 25.5 Å². The predicted molar refractivity (Wildman–Crippen MR) is 82.9 cm³/mol. The van der Waals surface area contributed by atoms with E-state index in [9.17, 15) is 4.79 Å². The van der Waals surface area contributed by atoms with Crippen LogP contribution in [0.25, 0.3) is 0 Å². The van der Waals surface area contributed by atoms with Gasteiger partial charge in [-0.25, -0.2) is 0 Å². The molecule has 1 aromatic rings. The van der Waals surface area contributed by atoms with Crippen LogP contribution in [0.15, 0.2) is 30.3 Å². The Morgan fingerprint density at radius 1 is 1.33 bits per heavy atom. The van der Waals surface area contributed by atoms with Crippen molar-refractivity contribution in [2.75, 3.05) is 33.3 Å². The Morgan fingerprint density at radius 3 is 2.57 bits per heavy atom. The lowest BCUT2D eigenvalue weighted by Gasteiger charge is -2.28. The van der Waals surface area contributed by atoms with Crippen molar-refractivity contribution >= 4 is 5.91 Å². The minimum atomic E-state index is -0.569. The minimum Gasteiger partial charge on any atom is -0.370 e. The molecule has 1 aliphatic heterocycles. The van der Waals surface area contributed by atoms with Gasteiger partial charge in [-0.05, 0) is 31.5 Å². The summed E-state index contributed by atoms with van der Waals surface area (Å²) in [6.07, 6.45) is 1.88. The SMILES string of the molecule is COC(CN)C(=O)NCC(c1ccccc1)N1CCCC1. The van der Waals surface area contributed by atoms with Crippen molar-refractivity contribution in [1.29, 1.82) is 0 Å². The number of ether oxygens (including phenoxy) is 1. The summed E-state index contributed by atoms with van der Waals surface area (Å²) in [6.45, 7) is 2.95. The molecule has 2 atom stereocenters. The number of carbonyl (C=O) groups is 1. The number of methoxy groups -OCH3 is 1. The molecular formula is C16H25N3O2. The van der Waals surface area contributed by atoms with Gasteiger partial charge in [-0.3, -0.25) is 9.69 Å². The summed E-state index contributed by atoms with van der Waals surface area (Å²) < 4.78 is 5.07. The van der Waals surface area contributed by atoms with Crippen LogP contribution < -0.4 is 11.1 Å². The molecule has 0 aliphatic carbocycles. The monoisotopic (exact) mass is 291 g/mol. The van der Waals surface area contributed by atoms with Gasteiger partial charge in [0.25, 0.3) is 5.91 Å². The molecule has 3 N–H and O–H groups in total. The van der Waals surface area contributed by atoms with Crippen molar-refractivity contribution in [1.82, 2.24) is 10.2 Å². The molecule has 5 heteroatoms. The molecule has 2 unspecified atom stereocenters. The lowest BCUT2D eigenvalue weighted by molar-refractivity contribution is -0.130. The molecule has 1 aliphatic rings. The van der Waals surface area contributed by atoms with Crippen molar-refractivity contribution in [3.05, 3.63) is 35.9 Å². The highest BCUT2D eigenvalue weighted by Crippen LogP contribution is 2.24. The van der Waals surface area contributed by atoms with E-state index in [2.05, 4.69) is 22.3 Å². The van der Waals surface area contributed by atoms with E-state index in [-0.39, 0.29) is 18.5 Å². The number of nitrogens with two attached hydrogens (primary N) is 1. The van der Waals surface area contributed by atoms with E-state index < -0.39 is 6.10 Å². The highest BCUT2D eigenvalue weighted by atomic mass is 16.5. The smallest absolute Gasteiger partial charge is 0.250 e. The highest BCUT2D eigenvalue weighted by Gasteiger charge is 2.25. The number of nitrogens with one attached hydrogen (secondary N) is 1. The maximum Gasteiger partial charge on any atom is 0.250 e. The Bertz CT molecular complexity index is 428. The van der Waals surface area contributed by atoms with Gasteiger partial charge in [-0.2, -0.15) is 0 Å². The number of hydrogen-bond donors (Lipinski definition) is 2. The minimum absolute atomic E-state index is 0.139. The summed E-state index contributed by atoms with van der Waals surface area (Å²) in [7, 11) is 1.51. The molecule has 1 saturated heterocycles. The summed E-state index contributed by atoms with van der Waals surface area (Å²) in [5.74, 6) is -0.139. The van der Waals surface area contributed by atoms with Gasteiger partial charge in [0.1, 0.15) is 6.10 Å². The predicted octanol–water partition coefficient (Wildman–Crippen LogP) is 0.913. The van der Waals surface area contributed by atoms with E-state index in [1.807, 2.05) is 18.2 Å². The van der Waals surface area contributed by atoms with Crippen LogP contribution in [-0.2, 0) is 9.53 Å². The van der Waals surface area contributed by atoms with Crippen molar-refractivity contribution in [3.63, 3.8) is 0 Å². The van der Waals surface area contributed by atoms with Gasteiger partial charge in [0.15, 0.2) is 0 Å². The average molecular weight is 291 g/mol. The van der Waals surface area contributed by atoms with Crippen molar-refractivity contribution in [3.8, 4) is 0 Å². The highest BCUT2D eigenvalue weighted by molar-refractivity contribution is 5.81. The molecule has 5 nitrogen and oxygen atoms in total. The lowest BCUT2D eigenvalue weighted by atomic mass is 10.1. The third-order valence-electron chi connectivity index (χ3n) is 4.03. The first kappa shape index (κ1) is 15.9. The van der Waals surface area contributed by atoms with Crippen molar-refractivity contribution in [2.45, 2.75) is 25.0 Å². The van der Waals surface area contributed by atoms with Gasteiger partial charge in [0.2, 0.25) is 0 Å². The van der Waals surface area contributed by atoms with Crippen LogP contribution in [-0.4, -0.2) is 50.2 Å². The topological polar surface area (TPSA) is 67.6 Å². The molecule has 2 rings (SSSR count). The van der Waals surface area contributed by atoms with Crippen LogP contribution in [0.4, 0.5) is 0 Å². The van der Waals surface area contributed by atoms with Crippen LogP contribution in [0, 0.1) is 0 Å². The van der Waals surface area contributed by atoms with E-state index in [4.69, 9.17) is 10.5 Å². The van der Waals surface area contributed by atoms with Gasteiger partial charge < -0.3 is 15.8 Å². The van der Waals surface area contributed by atoms with E-state index in [0.29, 0.717) is 6.54 Å². The van der Waals surface area contributed by atoms with Gasteiger partial charge in [-0.1, -0.05) is 30.3 Å². The summed E-state index contributed by atoms with van der Waals surface area (Å²) in [5.41, 5.74) is 6.77. The van der Waals surface area contributed by atoms with Crippen LogP contribution in [0.3, 0.4) is 0 Å². The number of nitrogens with zero attached hydrogens (tertiary/aromatic N) is 1. The van der Waals surface area contributed by atoms with Crippen molar-refractivity contribution in [2.24, 2.45) is 5.73 Å². The van der Waals surface area contributed by atoms with Crippen molar-refractivity contribution < 1.29 is 9.53 Å². The van der Waals surface area contributed by atoms with Gasteiger partial charge >= 0.3 is 0 Å². The number of benzene rings is 1. The fraction of sp³-hybridized carbons (Fsp3) is 0.562. The first-order chi connectivity index (χ1) is 10.3. The lowest BCUT2D eigenvalue weighted by Crippen LogP contribution is -2.44. The van der Waals surface area contributed by atoms with E-state index in [1.54, 1.807) is 0 Å². The van der Waals surface area contributed by atoms with E-state index in [0.717, 1.165) is 13.1 Å². The summed E-state index contributed by atoms with van der Waals surface area (Å²) in [4.78, 5) is 14.5. The number of carbonyl (C=O) groups excluding carboxylic acids is 1. The number of hydrogen-bond acceptors (Lipinski definition) is 4. The van der Waals surface area contributed by atoms with Crippen LogP contribution in [0.5, 0.6) is 0 Å². The molecule has 1 fully saturated rings. The zero-order valence-corrected chi connectivity index (χ0v) is 12.6. The molecule has 0 bridgehead atoms. The molecule has 1 amide bonds. The second-order valence-electron chi connectivity index (χ2n) is 5.37. The molecule has 1 heterocycles. The molecule has 0 aromatic heterocycles.